The fraction of sp³-hybridized carbons (Fsp3) is 0. The van der Waals surface area contributed by atoms with E-state index in [1.165, 1.54) is 36.4 Å². The van der Waals surface area contributed by atoms with Gasteiger partial charge in [-0.15, -0.1) is 0 Å². The zero-order valence-corrected chi connectivity index (χ0v) is 17.6. The molecule has 0 fully saturated rings. The first-order chi connectivity index (χ1) is 15.4. The van der Waals surface area contributed by atoms with Gasteiger partial charge >= 0.3 is 0 Å². The van der Waals surface area contributed by atoms with Gasteiger partial charge in [0.15, 0.2) is 0 Å². The van der Waals surface area contributed by atoms with Crippen molar-refractivity contribution in [2.45, 2.75) is 4.90 Å². The van der Waals surface area contributed by atoms with E-state index in [1.54, 1.807) is 48.5 Å². The Morgan fingerprint density at radius 2 is 1.22 bits per heavy atom. The van der Waals surface area contributed by atoms with Crippen molar-refractivity contribution in [3.05, 3.63) is 115 Å². The second-order valence-electron chi connectivity index (χ2n) is 7.03. The van der Waals surface area contributed by atoms with Gasteiger partial charge in [-0.25, -0.2) is 12.8 Å². The van der Waals surface area contributed by atoms with Gasteiger partial charge in [0.25, 0.3) is 15.9 Å². The molecular formula is C25H19FN2O3S. The van der Waals surface area contributed by atoms with Gasteiger partial charge in [-0.05, 0) is 71.8 Å². The maximum Gasteiger partial charge on any atom is 0.261 e. The van der Waals surface area contributed by atoms with Crippen LogP contribution in [0.3, 0.4) is 0 Å². The number of benzene rings is 4. The number of hydrogen-bond donors (Lipinski definition) is 2. The lowest BCUT2D eigenvalue weighted by molar-refractivity contribution is 0.102. The third-order valence-corrected chi connectivity index (χ3v) is 6.17. The molecule has 0 aliphatic carbocycles. The molecule has 7 heteroatoms. The van der Waals surface area contributed by atoms with Crippen LogP contribution in [-0.2, 0) is 10.0 Å². The molecule has 0 unspecified atom stereocenters. The largest absolute Gasteiger partial charge is 0.322 e. The molecule has 0 bridgehead atoms. The molecule has 4 rings (SSSR count). The topological polar surface area (TPSA) is 75.3 Å². The van der Waals surface area contributed by atoms with Gasteiger partial charge in [0.05, 0.1) is 4.90 Å². The number of para-hydroxylation sites is 1. The molecule has 0 aliphatic rings. The highest BCUT2D eigenvalue weighted by molar-refractivity contribution is 7.92. The Morgan fingerprint density at radius 3 is 1.81 bits per heavy atom. The van der Waals surface area contributed by atoms with Gasteiger partial charge in [0.2, 0.25) is 0 Å². The van der Waals surface area contributed by atoms with Crippen molar-refractivity contribution in [2.24, 2.45) is 0 Å². The molecule has 0 radical (unpaired) electrons. The molecule has 2 N–H and O–H groups in total. The van der Waals surface area contributed by atoms with Crippen LogP contribution in [0.15, 0.2) is 108 Å². The number of carbonyl (C=O) groups is 1. The standard InChI is InChI=1S/C25H19FN2O3S/c26-21-12-6-18(7-13-21)19-10-16-24(17-11-19)32(30,31)28-23-14-8-20(9-15-23)25(29)27-22-4-2-1-3-5-22/h1-17,28H,(H,27,29). The van der Waals surface area contributed by atoms with E-state index in [-0.39, 0.29) is 16.6 Å². The highest BCUT2D eigenvalue weighted by Gasteiger charge is 2.15. The molecule has 5 nitrogen and oxygen atoms in total. The Morgan fingerprint density at radius 1 is 0.656 bits per heavy atom. The Bertz CT molecular complexity index is 1320. The minimum Gasteiger partial charge on any atom is -0.322 e. The highest BCUT2D eigenvalue weighted by Crippen LogP contribution is 2.23. The third kappa shape index (κ3) is 5.01. The molecule has 0 heterocycles. The van der Waals surface area contributed by atoms with E-state index in [9.17, 15) is 17.6 Å². The Balaban J connectivity index is 1.45. The summed E-state index contributed by atoms with van der Waals surface area (Å²) in [5.41, 5.74) is 2.97. The Kier molecular flexibility index (Phi) is 6.00. The highest BCUT2D eigenvalue weighted by atomic mass is 32.2. The minimum atomic E-state index is -3.81. The fourth-order valence-electron chi connectivity index (χ4n) is 3.10. The summed E-state index contributed by atoms with van der Waals surface area (Å²) in [4.78, 5) is 12.4. The molecule has 0 saturated carbocycles. The summed E-state index contributed by atoms with van der Waals surface area (Å²) in [6, 6.07) is 27.5. The molecule has 32 heavy (non-hydrogen) atoms. The second-order valence-corrected chi connectivity index (χ2v) is 8.72. The van der Waals surface area contributed by atoms with Crippen molar-refractivity contribution in [3.63, 3.8) is 0 Å². The van der Waals surface area contributed by atoms with Crippen LogP contribution >= 0.6 is 0 Å². The van der Waals surface area contributed by atoms with Crippen molar-refractivity contribution in [3.8, 4) is 11.1 Å². The van der Waals surface area contributed by atoms with E-state index in [2.05, 4.69) is 10.0 Å². The van der Waals surface area contributed by atoms with Crippen LogP contribution in [0.1, 0.15) is 10.4 Å². The Hall–Kier alpha value is -3.97. The number of nitrogens with one attached hydrogen (secondary N) is 2. The predicted octanol–water partition coefficient (Wildman–Crippen LogP) is 5.55. The number of hydrogen-bond acceptors (Lipinski definition) is 3. The average molecular weight is 447 g/mol. The summed E-state index contributed by atoms with van der Waals surface area (Å²) in [5, 5.41) is 2.78. The van der Waals surface area contributed by atoms with Crippen molar-refractivity contribution < 1.29 is 17.6 Å². The van der Waals surface area contributed by atoms with Crippen LogP contribution < -0.4 is 10.0 Å². The monoisotopic (exact) mass is 446 g/mol. The van der Waals surface area contributed by atoms with Crippen molar-refractivity contribution in [2.75, 3.05) is 10.0 Å². The quantitative estimate of drug-likeness (QED) is 0.408. The number of sulfonamides is 1. The van der Waals surface area contributed by atoms with Gasteiger partial charge < -0.3 is 5.32 Å². The van der Waals surface area contributed by atoms with E-state index in [0.717, 1.165) is 11.1 Å². The van der Waals surface area contributed by atoms with Gasteiger partial charge in [-0.1, -0.05) is 42.5 Å². The van der Waals surface area contributed by atoms with Crippen LogP contribution in [0.4, 0.5) is 15.8 Å². The lowest BCUT2D eigenvalue weighted by atomic mass is 10.1. The zero-order chi connectivity index (χ0) is 22.6. The summed E-state index contributed by atoms with van der Waals surface area (Å²) in [7, 11) is -3.81. The maximum atomic E-state index is 13.1. The van der Waals surface area contributed by atoms with E-state index in [0.29, 0.717) is 16.9 Å². The van der Waals surface area contributed by atoms with Crippen LogP contribution in [0, 0.1) is 5.82 Å². The van der Waals surface area contributed by atoms with E-state index in [1.807, 2.05) is 18.2 Å². The molecule has 160 valence electrons. The van der Waals surface area contributed by atoms with E-state index in [4.69, 9.17) is 0 Å². The second kappa shape index (κ2) is 9.03. The fourth-order valence-corrected chi connectivity index (χ4v) is 4.16. The molecule has 0 aliphatic heterocycles. The molecule has 0 spiro atoms. The lowest BCUT2D eigenvalue weighted by Crippen LogP contribution is -2.14. The smallest absolute Gasteiger partial charge is 0.261 e. The number of amides is 1. The van der Waals surface area contributed by atoms with Gasteiger partial charge in [-0.2, -0.15) is 0 Å². The predicted molar refractivity (Wildman–Crippen MR) is 123 cm³/mol. The molecule has 4 aromatic carbocycles. The molecule has 0 aromatic heterocycles. The summed E-state index contributed by atoms with van der Waals surface area (Å²) < 4.78 is 41.0. The zero-order valence-electron chi connectivity index (χ0n) is 16.8. The number of halogens is 1. The first kappa shape index (κ1) is 21.3. The van der Waals surface area contributed by atoms with Crippen molar-refractivity contribution in [1.82, 2.24) is 0 Å². The summed E-state index contributed by atoms with van der Waals surface area (Å²) in [6.07, 6.45) is 0. The van der Waals surface area contributed by atoms with E-state index >= 15 is 0 Å². The lowest BCUT2D eigenvalue weighted by Gasteiger charge is -2.10. The molecule has 4 aromatic rings. The van der Waals surface area contributed by atoms with E-state index < -0.39 is 10.0 Å². The van der Waals surface area contributed by atoms with Crippen LogP contribution in [0.2, 0.25) is 0 Å². The summed E-state index contributed by atoms with van der Waals surface area (Å²) in [5.74, 6) is -0.622. The van der Waals surface area contributed by atoms with Crippen molar-refractivity contribution in [1.29, 1.82) is 0 Å². The van der Waals surface area contributed by atoms with Crippen LogP contribution in [-0.4, -0.2) is 14.3 Å². The Labute approximate surface area is 185 Å². The minimum absolute atomic E-state index is 0.0919. The first-order valence-corrected chi connectivity index (χ1v) is 11.2. The maximum absolute atomic E-state index is 13.1. The van der Waals surface area contributed by atoms with Crippen LogP contribution in [0.5, 0.6) is 0 Å². The summed E-state index contributed by atoms with van der Waals surface area (Å²) in [6.45, 7) is 0. The third-order valence-electron chi connectivity index (χ3n) is 4.77. The molecular weight excluding hydrogens is 427 g/mol. The number of rotatable bonds is 6. The normalized spacial score (nSPS) is 11.0. The number of carbonyl (C=O) groups excluding carboxylic acids is 1. The molecule has 0 saturated heterocycles. The summed E-state index contributed by atoms with van der Waals surface area (Å²) >= 11 is 0. The van der Waals surface area contributed by atoms with Crippen molar-refractivity contribution >= 4 is 27.3 Å². The SMILES string of the molecule is O=C(Nc1ccccc1)c1ccc(NS(=O)(=O)c2ccc(-c3ccc(F)cc3)cc2)cc1. The molecule has 0 atom stereocenters. The average Bonchev–Trinajstić information content (AvgIpc) is 2.80. The first-order valence-electron chi connectivity index (χ1n) is 9.76. The number of anilines is 2. The van der Waals surface area contributed by atoms with Gasteiger partial charge in [0, 0.05) is 16.9 Å². The van der Waals surface area contributed by atoms with Gasteiger partial charge in [-0.3, -0.25) is 9.52 Å². The van der Waals surface area contributed by atoms with Crippen LogP contribution in [0.25, 0.3) is 11.1 Å². The molecule has 1 amide bonds. The van der Waals surface area contributed by atoms with Gasteiger partial charge in [0.1, 0.15) is 5.82 Å².